The van der Waals surface area contributed by atoms with E-state index in [1.54, 1.807) is 31.5 Å². The number of nitrogens with zero attached hydrogens (tertiary/aromatic N) is 3. The van der Waals surface area contributed by atoms with Gasteiger partial charge in [0.25, 0.3) is 5.56 Å². The highest BCUT2D eigenvalue weighted by Gasteiger charge is 2.22. The van der Waals surface area contributed by atoms with Gasteiger partial charge < -0.3 is 14.8 Å². The lowest BCUT2D eigenvalue weighted by atomic mass is 10.2. The van der Waals surface area contributed by atoms with Crippen molar-refractivity contribution in [1.29, 1.82) is 0 Å². The van der Waals surface area contributed by atoms with E-state index in [2.05, 4.69) is 15.0 Å². The molecule has 0 aliphatic carbocycles. The Morgan fingerprint density at radius 3 is 2.81 bits per heavy atom. The van der Waals surface area contributed by atoms with Gasteiger partial charge in [-0.3, -0.25) is 19.1 Å². The van der Waals surface area contributed by atoms with Crippen molar-refractivity contribution < 1.29 is 14.6 Å². The molecule has 4 heterocycles. The van der Waals surface area contributed by atoms with Crippen LogP contribution in [0.3, 0.4) is 0 Å². The Labute approximate surface area is 186 Å². The van der Waals surface area contributed by atoms with Crippen molar-refractivity contribution in [2.75, 3.05) is 6.61 Å². The molecule has 0 spiro atoms. The molecule has 0 unspecified atom stereocenters. The summed E-state index contributed by atoms with van der Waals surface area (Å²) >= 11 is 0.963. The van der Waals surface area contributed by atoms with Crippen LogP contribution in [0.15, 0.2) is 46.4 Å². The molecule has 2 N–H and O–H groups in total. The van der Waals surface area contributed by atoms with Crippen molar-refractivity contribution >= 4 is 27.5 Å². The molecule has 4 rings (SSSR count). The van der Waals surface area contributed by atoms with Gasteiger partial charge in [-0.15, -0.1) is 11.3 Å². The predicted octanol–water partition coefficient (Wildman–Crippen LogP) is 3.05. The number of nitrogens with one attached hydrogen (secondary N) is 1. The minimum absolute atomic E-state index is 0.0347. The highest BCUT2D eigenvalue weighted by atomic mass is 32.1. The largest absolute Gasteiger partial charge is 0.488 e. The fourth-order valence-corrected chi connectivity index (χ4v) is 4.38. The zero-order valence-electron chi connectivity index (χ0n) is 17.4. The average molecular weight is 452 g/mol. The number of hydrogen-bond acceptors (Lipinski definition) is 7. The molecule has 0 radical (unpaired) electrons. The Morgan fingerprint density at radius 1 is 1.34 bits per heavy atom. The van der Waals surface area contributed by atoms with Gasteiger partial charge in [0.2, 0.25) is 5.43 Å². The van der Waals surface area contributed by atoms with Crippen molar-refractivity contribution in [3.05, 3.63) is 73.5 Å². The number of hydrogen-bond donors (Lipinski definition) is 2. The first-order chi connectivity index (χ1) is 15.4. The Hall–Kier alpha value is -3.79. The van der Waals surface area contributed by atoms with Crippen LogP contribution in [-0.4, -0.2) is 37.2 Å². The summed E-state index contributed by atoms with van der Waals surface area (Å²) in [6.07, 6.45) is 5.43. The zero-order chi connectivity index (χ0) is 22.8. The number of aromatic carboxylic acids is 1. The summed E-state index contributed by atoms with van der Waals surface area (Å²) in [6.45, 7) is 4.01. The molecule has 0 saturated heterocycles. The highest BCUT2D eigenvalue weighted by Crippen LogP contribution is 2.29. The first kappa shape index (κ1) is 21.4. The van der Waals surface area contributed by atoms with Crippen molar-refractivity contribution in [3.63, 3.8) is 0 Å². The number of carbonyl (C=O) groups is 1. The summed E-state index contributed by atoms with van der Waals surface area (Å²) in [4.78, 5) is 49.6. The van der Waals surface area contributed by atoms with Crippen LogP contribution in [-0.2, 0) is 6.54 Å². The number of carboxylic acids is 1. The van der Waals surface area contributed by atoms with Gasteiger partial charge in [-0.05, 0) is 31.0 Å². The maximum atomic E-state index is 13.5. The van der Waals surface area contributed by atoms with Crippen molar-refractivity contribution in [3.8, 4) is 17.1 Å². The summed E-state index contributed by atoms with van der Waals surface area (Å²) in [5, 5.41) is 9.73. The molecule has 164 valence electrons. The van der Waals surface area contributed by atoms with E-state index < -0.39 is 5.97 Å². The second-order valence-corrected chi connectivity index (χ2v) is 8.14. The summed E-state index contributed by atoms with van der Waals surface area (Å²) in [6, 6.07) is 4.87. The van der Waals surface area contributed by atoms with E-state index in [0.717, 1.165) is 17.8 Å². The maximum absolute atomic E-state index is 13.5. The second kappa shape index (κ2) is 8.75. The maximum Gasteiger partial charge on any atom is 0.346 e. The fraction of sp³-hybridized carbons (Fsp3) is 0.227. The van der Waals surface area contributed by atoms with Crippen LogP contribution in [0.2, 0.25) is 0 Å². The van der Waals surface area contributed by atoms with Gasteiger partial charge in [0.1, 0.15) is 15.5 Å². The average Bonchev–Trinajstić information content (AvgIpc) is 3.12. The van der Waals surface area contributed by atoms with Crippen LogP contribution < -0.4 is 15.7 Å². The molecule has 4 aromatic rings. The number of pyridine rings is 2. The van der Waals surface area contributed by atoms with Crippen molar-refractivity contribution in [2.45, 2.75) is 26.8 Å². The quantitative estimate of drug-likeness (QED) is 0.441. The summed E-state index contributed by atoms with van der Waals surface area (Å²) < 4.78 is 6.84. The highest BCUT2D eigenvalue weighted by molar-refractivity contribution is 7.20. The van der Waals surface area contributed by atoms with Gasteiger partial charge in [-0.2, -0.15) is 0 Å². The van der Waals surface area contributed by atoms with E-state index in [1.807, 2.05) is 6.92 Å². The van der Waals surface area contributed by atoms with Gasteiger partial charge in [0.15, 0.2) is 5.75 Å². The number of carboxylic acid groups (broad SMARTS) is 1. The smallest absolute Gasteiger partial charge is 0.346 e. The third-order valence-corrected chi connectivity index (χ3v) is 6.06. The molecule has 0 saturated carbocycles. The molecule has 0 atom stereocenters. The van der Waals surface area contributed by atoms with Crippen LogP contribution in [0.4, 0.5) is 0 Å². The van der Waals surface area contributed by atoms with E-state index in [9.17, 15) is 19.5 Å². The third-order valence-electron chi connectivity index (χ3n) is 4.89. The predicted molar refractivity (Wildman–Crippen MR) is 121 cm³/mol. The molecule has 9 nitrogen and oxygen atoms in total. The molecular weight excluding hydrogens is 432 g/mol. The molecule has 0 bridgehead atoms. The minimum Gasteiger partial charge on any atom is -0.488 e. The third kappa shape index (κ3) is 3.92. The fourth-order valence-electron chi connectivity index (χ4n) is 3.37. The Bertz CT molecular complexity index is 1420. The number of fused-ring (bicyclic) bond motifs is 1. The number of aromatic nitrogens is 4. The number of aryl methyl sites for hydroxylation is 1. The number of H-pyrrole nitrogens is 1. The van der Waals surface area contributed by atoms with E-state index in [-0.39, 0.29) is 33.5 Å². The minimum atomic E-state index is -1.11. The lowest BCUT2D eigenvalue weighted by Crippen LogP contribution is -2.25. The van der Waals surface area contributed by atoms with E-state index >= 15 is 0 Å². The van der Waals surface area contributed by atoms with E-state index in [4.69, 9.17) is 4.74 Å². The monoisotopic (exact) mass is 452 g/mol. The Kier molecular flexibility index (Phi) is 5.87. The number of thiophene rings is 1. The molecule has 0 aliphatic heterocycles. The number of aromatic amines is 1. The van der Waals surface area contributed by atoms with Crippen LogP contribution >= 0.6 is 11.3 Å². The summed E-state index contributed by atoms with van der Waals surface area (Å²) in [5.74, 6) is -0.559. The molecule has 32 heavy (non-hydrogen) atoms. The number of ether oxygens (including phenoxy) is 1. The zero-order valence-corrected chi connectivity index (χ0v) is 18.2. The molecule has 10 heteroatoms. The van der Waals surface area contributed by atoms with Crippen LogP contribution in [0.25, 0.3) is 21.6 Å². The molecule has 4 aromatic heterocycles. The van der Waals surface area contributed by atoms with E-state index in [1.165, 1.54) is 16.8 Å². The Balaban J connectivity index is 1.89. The lowest BCUT2D eigenvalue weighted by molar-refractivity contribution is 0.0701. The summed E-state index contributed by atoms with van der Waals surface area (Å²) in [5.41, 5.74) is 0.774. The summed E-state index contributed by atoms with van der Waals surface area (Å²) in [7, 11) is 0. The molecular formula is C22H20N4O5S. The standard InChI is InChI=1S/C22H20N4O5S/c1-3-7-31-16-10-24-14(8-15(16)27)11-26-19(13-5-4-6-23-9-13)25-20-17(21(26)28)12(2)18(32-20)22(29)30/h4-6,8-10H,3,7,11H2,1-2H3,(H,24,27)(H,29,30). The topological polar surface area (TPSA) is 127 Å². The second-order valence-electron chi connectivity index (χ2n) is 7.15. The Morgan fingerprint density at radius 2 is 2.16 bits per heavy atom. The van der Waals surface area contributed by atoms with Crippen LogP contribution in [0, 0.1) is 6.92 Å². The van der Waals surface area contributed by atoms with Crippen LogP contribution in [0.5, 0.6) is 5.75 Å². The SMILES string of the molecule is CCCOc1c[nH]c(Cn2c(-c3cccnc3)nc3sc(C(=O)O)c(C)c3c2=O)cc1=O. The van der Waals surface area contributed by atoms with Crippen molar-refractivity contribution in [1.82, 2.24) is 19.5 Å². The first-order valence-electron chi connectivity index (χ1n) is 9.92. The molecule has 0 amide bonds. The van der Waals surface area contributed by atoms with Gasteiger partial charge in [-0.25, -0.2) is 9.78 Å². The van der Waals surface area contributed by atoms with E-state index in [0.29, 0.717) is 34.1 Å². The van der Waals surface area contributed by atoms with Gasteiger partial charge in [-0.1, -0.05) is 6.92 Å². The molecule has 0 fully saturated rings. The van der Waals surface area contributed by atoms with Gasteiger partial charge in [0, 0.05) is 35.9 Å². The normalized spacial score (nSPS) is 11.1. The van der Waals surface area contributed by atoms with Gasteiger partial charge >= 0.3 is 5.97 Å². The molecule has 0 aromatic carbocycles. The lowest BCUT2D eigenvalue weighted by Gasteiger charge is -2.13. The van der Waals surface area contributed by atoms with Crippen LogP contribution in [0.1, 0.15) is 34.3 Å². The molecule has 0 aliphatic rings. The van der Waals surface area contributed by atoms with Gasteiger partial charge in [0.05, 0.1) is 18.5 Å². The van der Waals surface area contributed by atoms with Crippen molar-refractivity contribution in [2.24, 2.45) is 0 Å². The first-order valence-corrected chi connectivity index (χ1v) is 10.7. The number of rotatable bonds is 7.